The minimum atomic E-state index is -3.81. The predicted molar refractivity (Wildman–Crippen MR) is 88.4 cm³/mol. The molecule has 0 radical (unpaired) electrons. The lowest BCUT2D eigenvalue weighted by Crippen LogP contribution is -2.41. The summed E-state index contributed by atoms with van der Waals surface area (Å²) in [5.41, 5.74) is -1.07. The first-order valence-electron chi connectivity index (χ1n) is 12.9. The Bertz CT molecular complexity index is 923. The second-order valence-corrected chi connectivity index (χ2v) is 6.09. The highest BCUT2D eigenvalue weighted by Crippen LogP contribution is 2.36. The molecule has 3 heterocycles. The average molecular weight is 315 g/mol. The Balaban J connectivity index is 2.10. The topological polar surface area (TPSA) is 47.5 Å². The van der Waals surface area contributed by atoms with Crippen molar-refractivity contribution in [1.82, 2.24) is 9.97 Å². The number of piperidine rings is 1. The standard InChI is InChI=1S/C16H26BN3O2/c1-12-6-8-20(9-7-12)14-18-10-13(11-19-14)17-21-15(2,3)16(4,5)22-17/h10-12H,6-9H2,1-5H3/i1D3,6D2,7D2,8D2,9D2,12D. The molecule has 0 bridgehead atoms. The molecule has 0 unspecified atom stereocenters. The zero-order chi connectivity index (χ0) is 26.6. The lowest BCUT2D eigenvalue weighted by molar-refractivity contribution is 0.00578. The van der Waals surface area contributed by atoms with Crippen LogP contribution in [-0.2, 0) is 9.31 Å². The zero-order valence-electron chi connectivity index (χ0n) is 24.9. The fraction of sp³-hybridized carbons (Fsp3) is 0.750. The van der Waals surface area contributed by atoms with Gasteiger partial charge in [0, 0.05) is 47.3 Å². The minimum absolute atomic E-state index is 0.0204. The van der Waals surface area contributed by atoms with E-state index in [1.807, 2.05) is 27.7 Å². The molecule has 2 aliphatic heterocycles. The maximum Gasteiger partial charge on any atom is 0.498 e. The lowest BCUT2D eigenvalue weighted by Gasteiger charge is -2.32. The summed E-state index contributed by atoms with van der Waals surface area (Å²) in [4.78, 5) is 7.85. The van der Waals surface area contributed by atoms with Gasteiger partial charge < -0.3 is 14.2 Å². The Labute approximate surface area is 150 Å². The summed E-state index contributed by atoms with van der Waals surface area (Å²) in [6, 6.07) is 0. The van der Waals surface area contributed by atoms with Gasteiger partial charge in [0.05, 0.1) is 11.2 Å². The maximum atomic E-state index is 8.33. The SMILES string of the molecule is [2H]C([2H])([2H])C1([2H])C([2H])([2H])C([2H])([2H])N(c2ncc(B3OC(C)(C)C(C)(C)O3)cn2)C([2H])([2H])C1([2H])[2H]. The zero-order valence-corrected chi connectivity index (χ0v) is 12.9. The fourth-order valence-electron chi connectivity index (χ4n) is 1.93. The summed E-state index contributed by atoms with van der Waals surface area (Å²) in [6.07, 6.45) is -5.16. The smallest absolute Gasteiger partial charge is 0.399 e. The van der Waals surface area contributed by atoms with Crippen molar-refractivity contribution in [1.29, 1.82) is 0 Å². The number of rotatable bonds is 2. The van der Waals surface area contributed by atoms with Gasteiger partial charge in [-0.3, -0.25) is 0 Å². The third-order valence-corrected chi connectivity index (χ3v) is 3.97. The van der Waals surface area contributed by atoms with Gasteiger partial charge in [0.15, 0.2) is 0 Å². The summed E-state index contributed by atoms with van der Waals surface area (Å²) in [6.45, 7) is -3.51. The van der Waals surface area contributed by atoms with Crippen LogP contribution in [0.15, 0.2) is 12.4 Å². The van der Waals surface area contributed by atoms with E-state index < -0.39 is 62.8 Å². The van der Waals surface area contributed by atoms with Crippen LogP contribution in [0.3, 0.4) is 0 Å². The molecule has 5 nitrogen and oxygen atoms in total. The molecule has 3 rings (SSSR count). The maximum absolute atomic E-state index is 8.33. The van der Waals surface area contributed by atoms with Crippen LogP contribution in [-0.4, -0.2) is 41.3 Å². The highest BCUT2D eigenvalue weighted by atomic mass is 16.7. The van der Waals surface area contributed by atoms with Gasteiger partial charge in [-0.15, -0.1) is 0 Å². The monoisotopic (exact) mass is 315 g/mol. The van der Waals surface area contributed by atoms with Crippen molar-refractivity contribution >= 4 is 18.5 Å². The van der Waals surface area contributed by atoms with E-state index in [2.05, 4.69) is 9.97 Å². The largest absolute Gasteiger partial charge is 0.498 e. The van der Waals surface area contributed by atoms with Gasteiger partial charge in [-0.2, -0.15) is 0 Å². The molecule has 2 aliphatic rings. The Morgan fingerprint density at radius 3 is 2.27 bits per heavy atom. The molecule has 0 N–H and O–H groups in total. The van der Waals surface area contributed by atoms with Crippen molar-refractivity contribution in [3.8, 4) is 0 Å². The van der Waals surface area contributed by atoms with E-state index in [-0.39, 0.29) is 4.90 Å². The van der Waals surface area contributed by atoms with Crippen molar-refractivity contribution in [2.75, 3.05) is 17.9 Å². The first kappa shape index (κ1) is 6.77. The number of anilines is 1. The van der Waals surface area contributed by atoms with Gasteiger partial charge in [-0.1, -0.05) is 6.85 Å². The van der Waals surface area contributed by atoms with Gasteiger partial charge in [0.1, 0.15) is 0 Å². The van der Waals surface area contributed by atoms with Crippen molar-refractivity contribution in [2.45, 2.75) is 58.5 Å². The highest BCUT2D eigenvalue weighted by Gasteiger charge is 2.51. The Hall–Kier alpha value is -1.14. The highest BCUT2D eigenvalue weighted by molar-refractivity contribution is 6.61. The molecule has 6 heteroatoms. The number of nitrogens with zero attached hydrogens (tertiary/aromatic N) is 3. The first-order valence-corrected chi connectivity index (χ1v) is 6.88. The summed E-state index contributed by atoms with van der Waals surface area (Å²) >= 11 is 0. The van der Waals surface area contributed by atoms with Crippen LogP contribution in [0.2, 0.25) is 0 Å². The molecular formula is C16H26BN3O2. The average Bonchev–Trinajstić information content (AvgIpc) is 2.86. The molecule has 22 heavy (non-hydrogen) atoms. The van der Waals surface area contributed by atoms with Crippen LogP contribution in [0.5, 0.6) is 0 Å². The Morgan fingerprint density at radius 1 is 1.23 bits per heavy atom. The molecule has 2 fully saturated rings. The van der Waals surface area contributed by atoms with Crippen molar-refractivity contribution < 1.29 is 25.8 Å². The van der Waals surface area contributed by atoms with Crippen LogP contribution in [0.25, 0.3) is 0 Å². The first-order chi connectivity index (χ1) is 14.9. The van der Waals surface area contributed by atoms with Crippen LogP contribution in [0.4, 0.5) is 5.95 Å². The number of hydrogen-bond acceptors (Lipinski definition) is 5. The summed E-state index contributed by atoms with van der Waals surface area (Å²) < 4.78 is 109. The quantitative estimate of drug-likeness (QED) is 0.781. The second-order valence-electron chi connectivity index (χ2n) is 6.09. The van der Waals surface area contributed by atoms with Gasteiger partial charge in [0.25, 0.3) is 0 Å². The molecule has 0 atom stereocenters. The molecule has 0 amide bonds. The van der Waals surface area contributed by atoms with E-state index in [1.54, 1.807) is 0 Å². The van der Waals surface area contributed by atoms with Crippen LogP contribution < -0.4 is 10.4 Å². The molecule has 1 aromatic heterocycles. The van der Waals surface area contributed by atoms with Gasteiger partial charge >= 0.3 is 7.12 Å². The van der Waals surface area contributed by atoms with Crippen LogP contribution in [0.1, 0.15) is 63.7 Å². The van der Waals surface area contributed by atoms with E-state index >= 15 is 0 Å². The molecular weight excluding hydrogens is 277 g/mol. The van der Waals surface area contributed by atoms with E-state index in [4.69, 9.17) is 25.8 Å². The normalized spacial score (nSPS) is 44.0. The Kier molecular flexibility index (Phi) is 1.69. The molecule has 120 valence electrons. The van der Waals surface area contributed by atoms with Gasteiger partial charge in [-0.05, 0) is 46.3 Å². The lowest BCUT2D eigenvalue weighted by atomic mass is 9.81. The van der Waals surface area contributed by atoms with Crippen LogP contribution in [0, 0.1) is 5.89 Å². The third kappa shape index (κ3) is 2.86. The molecule has 0 saturated carbocycles. The minimum Gasteiger partial charge on any atom is -0.399 e. The summed E-state index contributed by atoms with van der Waals surface area (Å²) in [5.74, 6) is -4.55. The van der Waals surface area contributed by atoms with E-state index in [1.165, 1.54) is 0 Å². The fourth-order valence-corrected chi connectivity index (χ4v) is 1.93. The Morgan fingerprint density at radius 2 is 1.77 bits per heavy atom. The van der Waals surface area contributed by atoms with Crippen molar-refractivity contribution in [3.05, 3.63) is 12.4 Å². The van der Waals surface area contributed by atoms with E-state index in [0.29, 0.717) is 5.46 Å². The molecule has 2 saturated heterocycles. The van der Waals surface area contributed by atoms with Crippen molar-refractivity contribution in [3.63, 3.8) is 0 Å². The second kappa shape index (κ2) is 5.50. The molecule has 0 spiro atoms. The van der Waals surface area contributed by atoms with Crippen LogP contribution >= 0.6 is 0 Å². The van der Waals surface area contributed by atoms with Gasteiger partial charge in [0.2, 0.25) is 5.95 Å². The summed E-state index contributed by atoms with van der Waals surface area (Å²) in [5, 5.41) is 0. The van der Waals surface area contributed by atoms with E-state index in [0.717, 1.165) is 12.4 Å². The third-order valence-electron chi connectivity index (χ3n) is 3.97. The molecule has 1 aromatic rings. The van der Waals surface area contributed by atoms with Gasteiger partial charge in [-0.25, -0.2) is 9.97 Å². The number of aromatic nitrogens is 2. The molecule has 0 aromatic carbocycles. The van der Waals surface area contributed by atoms with Crippen molar-refractivity contribution in [2.24, 2.45) is 5.89 Å². The predicted octanol–water partition coefficient (Wildman–Crippen LogP) is 2.01. The molecule has 0 aliphatic carbocycles. The summed E-state index contributed by atoms with van der Waals surface area (Å²) in [7, 11) is -0.900. The van der Waals surface area contributed by atoms with E-state index in [9.17, 15) is 0 Å². The number of hydrogen-bond donors (Lipinski definition) is 0.